The molecule has 2 saturated heterocycles. The van der Waals surface area contributed by atoms with Crippen LogP contribution in [-0.2, 0) is 9.59 Å². The van der Waals surface area contributed by atoms with Gasteiger partial charge in [-0.3, -0.25) is 14.5 Å². The second kappa shape index (κ2) is 6.88. The molecule has 2 heterocycles. The van der Waals surface area contributed by atoms with Crippen LogP contribution in [0, 0.1) is 52.8 Å². The van der Waals surface area contributed by atoms with Crippen LogP contribution < -0.4 is 0 Å². The van der Waals surface area contributed by atoms with Gasteiger partial charge < -0.3 is 5.11 Å². The molecule has 11 atom stereocenters. The van der Waals surface area contributed by atoms with Gasteiger partial charge >= 0.3 is 0 Å². The van der Waals surface area contributed by atoms with Crippen LogP contribution in [0.3, 0.4) is 0 Å². The van der Waals surface area contributed by atoms with Gasteiger partial charge in [-0.2, -0.15) is 0 Å². The first kappa shape index (κ1) is 20.8. The first-order valence-corrected chi connectivity index (χ1v) is 13.2. The van der Waals surface area contributed by atoms with Crippen molar-refractivity contribution in [1.82, 2.24) is 4.90 Å². The molecule has 6 aliphatic rings. The van der Waals surface area contributed by atoms with E-state index in [-0.39, 0.29) is 11.3 Å². The van der Waals surface area contributed by atoms with Gasteiger partial charge in [0.25, 0.3) is 0 Å². The van der Waals surface area contributed by atoms with Crippen LogP contribution in [-0.4, -0.2) is 46.3 Å². The number of fused-ring (bicyclic) bond motifs is 8. The highest BCUT2D eigenvalue weighted by molar-refractivity contribution is 5.90. The highest BCUT2D eigenvalue weighted by Crippen LogP contribution is 2.66. The summed E-state index contributed by atoms with van der Waals surface area (Å²) in [6.45, 7) is 9.15. The third kappa shape index (κ3) is 2.86. The zero-order chi connectivity index (χ0) is 21.7. The van der Waals surface area contributed by atoms with E-state index in [1.807, 2.05) is 0 Å². The van der Waals surface area contributed by atoms with Crippen molar-refractivity contribution in [2.45, 2.75) is 90.2 Å². The quantitative estimate of drug-likeness (QED) is 0.632. The molecule has 172 valence electrons. The molecule has 4 saturated carbocycles. The lowest BCUT2D eigenvalue weighted by molar-refractivity contribution is -0.175. The highest BCUT2D eigenvalue weighted by Gasteiger charge is 2.64. The summed E-state index contributed by atoms with van der Waals surface area (Å²) in [6, 6.07) is 0.331. The Bertz CT molecular complexity index is 791. The number of aliphatic hydroxyl groups is 1. The minimum absolute atomic E-state index is 0.0206. The van der Waals surface area contributed by atoms with Crippen LogP contribution in [0.25, 0.3) is 0 Å². The third-order valence-corrected chi connectivity index (χ3v) is 11.7. The molecule has 0 aromatic carbocycles. The summed E-state index contributed by atoms with van der Waals surface area (Å²) in [5, 5.41) is 11.8. The summed E-state index contributed by atoms with van der Waals surface area (Å²) < 4.78 is 0. The number of carbonyl (C=O) groups excluding carboxylic acids is 2. The van der Waals surface area contributed by atoms with E-state index >= 15 is 0 Å². The molecule has 4 aliphatic carbocycles. The average molecular weight is 428 g/mol. The summed E-state index contributed by atoms with van der Waals surface area (Å²) in [6.07, 6.45) is 8.75. The van der Waals surface area contributed by atoms with Crippen LogP contribution >= 0.6 is 0 Å². The van der Waals surface area contributed by atoms with Gasteiger partial charge in [-0.05, 0) is 92.3 Å². The van der Waals surface area contributed by atoms with Gasteiger partial charge in [-0.25, -0.2) is 0 Å². The zero-order valence-corrected chi connectivity index (χ0v) is 19.7. The monoisotopic (exact) mass is 427 g/mol. The Morgan fingerprint density at radius 1 is 0.903 bits per heavy atom. The summed E-state index contributed by atoms with van der Waals surface area (Å²) >= 11 is 0. The Morgan fingerprint density at radius 2 is 1.71 bits per heavy atom. The average Bonchev–Trinajstić information content (AvgIpc) is 3.09. The number of nitrogens with zero attached hydrogens (tertiary/aromatic N) is 1. The van der Waals surface area contributed by atoms with Crippen LogP contribution in [0.1, 0.15) is 78.6 Å². The van der Waals surface area contributed by atoms with E-state index in [1.54, 1.807) is 0 Å². The van der Waals surface area contributed by atoms with Gasteiger partial charge in [0.1, 0.15) is 11.6 Å². The first-order valence-electron chi connectivity index (χ1n) is 13.2. The topological polar surface area (TPSA) is 57.6 Å². The molecule has 0 spiro atoms. The molecular formula is C27H41NO3. The molecule has 4 nitrogen and oxygen atoms in total. The van der Waals surface area contributed by atoms with E-state index in [0.717, 1.165) is 44.7 Å². The maximum atomic E-state index is 13.2. The number of ketones is 2. The van der Waals surface area contributed by atoms with Crippen molar-refractivity contribution >= 4 is 11.6 Å². The predicted molar refractivity (Wildman–Crippen MR) is 119 cm³/mol. The molecule has 4 heteroatoms. The first-order chi connectivity index (χ1) is 14.7. The molecule has 2 aliphatic heterocycles. The molecule has 0 aromatic heterocycles. The summed E-state index contributed by atoms with van der Waals surface area (Å²) in [7, 11) is 0. The fourth-order valence-electron chi connectivity index (χ4n) is 10.2. The smallest absolute Gasteiger partial charge is 0.137 e. The maximum absolute atomic E-state index is 13.2. The standard InChI is InChI=1S/C27H41NO3/c1-15-4-7-25-27(3,31)21-6-5-17-18(20(21)14-28(25)13-15)11-22-19(17)12-24(30)23-10-16(29)8-9-26(22,23)2/h15,17-23,25,31H,4-14H2,1-3H3/t15-,17+,18+,19-,20-,21-,22-,23+,25?,26+,27-/m0/s1. The Hall–Kier alpha value is -0.740. The van der Waals surface area contributed by atoms with E-state index in [1.165, 1.54) is 19.3 Å². The molecular weight excluding hydrogens is 386 g/mol. The molecule has 0 aromatic rings. The van der Waals surface area contributed by atoms with E-state index in [0.29, 0.717) is 66.0 Å². The molecule has 0 amide bonds. The maximum Gasteiger partial charge on any atom is 0.137 e. The second-order valence-corrected chi connectivity index (χ2v) is 13.0. The Balaban J connectivity index is 1.31. The third-order valence-electron chi connectivity index (χ3n) is 11.7. The summed E-state index contributed by atoms with van der Waals surface area (Å²) in [5.74, 6) is 4.81. The Kier molecular flexibility index (Phi) is 4.63. The molecule has 1 unspecified atom stereocenters. The fourth-order valence-corrected chi connectivity index (χ4v) is 10.2. The number of carbonyl (C=O) groups is 2. The molecule has 31 heavy (non-hydrogen) atoms. The van der Waals surface area contributed by atoms with Gasteiger partial charge in [0.2, 0.25) is 0 Å². The van der Waals surface area contributed by atoms with Crippen molar-refractivity contribution in [2.75, 3.05) is 13.1 Å². The molecule has 1 N–H and O–H groups in total. The lowest BCUT2D eigenvalue weighted by Gasteiger charge is -2.59. The van der Waals surface area contributed by atoms with Crippen molar-refractivity contribution < 1.29 is 14.7 Å². The number of hydrogen-bond acceptors (Lipinski definition) is 4. The van der Waals surface area contributed by atoms with Gasteiger partial charge in [0.05, 0.1) is 5.60 Å². The van der Waals surface area contributed by atoms with Crippen molar-refractivity contribution in [1.29, 1.82) is 0 Å². The molecule has 6 fully saturated rings. The summed E-state index contributed by atoms with van der Waals surface area (Å²) in [5.41, 5.74) is -0.554. The second-order valence-electron chi connectivity index (χ2n) is 13.0. The van der Waals surface area contributed by atoms with E-state index in [4.69, 9.17) is 0 Å². The van der Waals surface area contributed by atoms with Crippen LogP contribution in [0.4, 0.5) is 0 Å². The fraction of sp³-hybridized carbons (Fsp3) is 0.926. The van der Waals surface area contributed by atoms with Crippen LogP contribution in [0.2, 0.25) is 0 Å². The highest BCUT2D eigenvalue weighted by atomic mass is 16.3. The van der Waals surface area contributed by atoms with E-state index in [9.17, 15) is 14.7 Å². The molecule has 0 bridgehead atoms. The molecule has 6 rings (SSSR count). The van der Waals surface area contributed by atoms with E-state index < -0.39 is 5.60 Å². The van der Waals surface area contributed by atoms with Gasteiger partial charge in [0.15, 0.2) is 0 Å². The minimum atomic E-state index is -0.582. The van der Waals surface area contributed by atoms with Gasteiger partial charge in [-0.15, -0.1) is 0 Å². The normalized spacial score (nSPS) is 56.8. The predicted octanol–water partition coefficient (Wildman–Crippen LogP) is 4.09. The Morgan fingerprint density at radius 3 is 2.52 bits per heavy atom. The summed E-state index contributed by atoms with van der Waals surface area (Å²) in [4.78, 5) is 28.0. The molecule has 0 radical (unpaired) electrons. The zero-order valence-electron chi connectivity index (χ0n) is 19.7. The Labute approximate surface area is 187 Å². The number of Topliss-reactive ketones (excluding diaryl/α,β-unsaturated/α-hetero) is 2. The van der Waals surface area contributed by atoms with Gasteiger partial charge in [-0.1, -0.05) is 13.8 Å². The van der Waals surface area contributed by atoms with Gasteiger partial charge in [0, 0.05) is 44.3 Å². The number of rotatable bonds is 0. The SMILES string of the molecule is C[C@H]1CCC2N(C1)C[C@H]1[C@@H]3C[C@H]4[C@@H](CC(=O)[C@H]5CC(=O)CC[C@@]54C)[C@@H]3CC[C@@H]1[C@]2(C)O. The van der Waals surface area contributed by atoms with Crippen LogP contribution in [0.15, 0.2) is 0 Å². The largest absolute Gasteiger partial charge is 0.388 e. The van der Waals surface area contributed by atoms with E-state index in [2.05, 4.69) is 25.7 Å². The van der Waals surface area contributed by atoms with Crippen LogP contribution in [0.5, 0.6) is 0 Å². The number of hydrogen-bond donors (Lipinski definition) is 1. The number of piperidine rings is 2. The lowest BCUT2D eigenvalue weighted by Crippen LogP contribution is -2.67. The van der Waals surface area contributed by atoms with Crippen molar-refractivity contribution in [2.24, 2.45) is 52.8 Å². The van der Waals surface area contributed by atoms with Crippen molar-refractivity contribution in [3.05, 3.63) is 0 Å². The minimum Gasteiger partial charge on any atom is -0.388 e. The van der Waals surface area contributed by atoms with Crippen molar-refractivity contribution in [3.8, 4) is 0 Å². The lowest BCUT2D eigenvalue weighted by atomic mass is 9.52. The van der Waals surface area contributed by atoms with Crippen molar-refractivity contribution in [3.63, 3.8) is 0 Å².